The minimum absolute atomic E-state index is 0.148. The Morgan fingerprint density at radius 2 is 1.71 bits per heavy atom. The van der Waals surface area contributed by atoms with Gasteiger partial charge in [-0.2, -0.15) is 0 Å². The topological polar surface area (TPSA) is 95.6 Å². The molecule has 0 aliphatic carbocycles. The smallest absolute Gasteiger partial charge is 0.262 e. The van der Waals surface area contributed by atoms with Crippen LogP contribution in [0.25, 0.3) is 0 Å². The number of carbonyl (C=O) groups excluding carboxylic acids is 2. The fraction of sp³-hybridized carbons (Fsp3) is 0.231. The highest BCUT2D eigenvalue weighted by atomic mass is 32.2. The van der Waals surface area contributed by atoms with Gasteiger partial charge in [0.1, 0.15) is 5.82 Å². The predicted octanol–water partition coefficient (Wildman–Crippen LogP) is 4.43. The van der Waals surface area contributed by atoms with Gasteiger partial charge in [-0.05, 0) is 61.7 Å². The number of hydrogen-bond donors (Lipinski definition) is 2. The van der Waals surface area contributed by atoms with Crippen molar-refractivity contribution in [2.45, 2.75) is 24.7 Å². The molecule has 0 saturated carbocycles. The van der Waals surface area contributed by atoms with Crippen LogP contribution in [0.5, 0.6) is 0 Å². The average molecular weight is 496 g/mol. The summed E-state index contributed by atoms with van der Waals surface area (Å²) < 4.78 is 42.0. The molecule has 7 nitrogen and oxygen atoms in total. The van der Waals surface area contributed by atoms with Crippen LogP contribution in [0.15, 0.2) is 77.7 Å². The zero-order valence-electron chi connectivity index (χ0n) is 19.2. The second-order valence-corrected chi connectivity index (χ2v) is 10.2. The van der Waals surface area contributed by atoms with E-state index in [1.54, 1.807) is 30.0 Å². The van der Waals surface area contributed by atoms with Crippen molar-refractivity contribution in [2.75, 3.05) is 23.1 Å². The van der Waals surface area contributed by atoms with Crippen molar-refractivity contribution in [2.24, 2.45) is 5.92 Å². The first kappa shape index (κ1) is 24.4. The Hall–Kier alpha value is -3.72. The minimum atomic E-state index is -4.12. The number of benzene rings is 3. The fourth-order valence-corrected chi connectivity index (χ4v) is 5.15. The molecule has 1 fully saturated rings. The summed E-state index contributed by atoms with van der Waals surface area (Å²) in [5.41, 5.74) is 1.35. The van der Waals surface area contributed by atoms with Gasteiger partial charge in [0.15, 0.2) is 0 Å². The summed E-state index contributed by atoms with van der Waals surface area (Å²) in [6.45, 7) is 2.43. The summed E-state index contributed by atoms with van der Waals surface area (Å²) in [7, 11) is -4.12. The second kappa shape index (κ2) is 10.3. The van der Waals surface area contributed by atoms with E-state index in [4.69, 9.17) is 0 Å². The standard InChI is InChI=1S/C26H26FN3O4S/c1-18-13-14-21(35(33,34)29-24-12-6-5-11-23(24)27)16-22(18)26(32)30-15-7-8-19(17-30)25(31)28-20-9-3-2-4-10-20/h2-6,9-14,16,19,29H,7-8,15,17H2,1H3,(H,28,31). The minimum Gasteiger partial charge on any atom is -0.338 e. The highest BCUT2D eigenvalue weighted by Crippen LogP contribution is 2.25. The molecule has 0 radical (unpaired) electrons. The first-order chi connectivity index (χ1) is 16.7. The fourth-order valence-electron chi connectivity index (χ4n) is 4.06. The van der Waals surface area contributed by atoms with Gasteiger partial charge in [-0.3, -0.25) is 14.3 Å². The van der Waals surface area contributed by atoms with Crippen LogP contribution in [-0.4, -0.2) is 38.2 Å². The molecule has 1 atom stereocenters. The van der Waals surface area contributed by atoms with E-state index in [1.807, 2.05) is 18.2 Å². The number of amides is 2. The van der Waals surface area contributed by atoms with Crippen LogP contribution < -0.4 is 10.0 Å². The Morgan fingerprint density at radius 3 is 2.46 bits per heavy atom. The van der Waals surface area contributed by atoms with Gasteiger partial charge in [0, 0.05) is 24.3 Å². The lowest BCUT2D eigenvalue weighted by molar-refractivity contribution is -0.121. The quantitative estimate of drug-likeness (QED) is 0.529. The largest absolute Gasteiger partial charge is 0.338 e. The van der Waals surface area contributed by atoms with Gasteiger partial charge in [0.05, 0.1) is 16.5 Å². The van der Waals surface area contributed by atoms with Crippen molar-refractivity contribution in [3.8, 4) is 0 Å². The molecule has 0 aromatic heterocycles. The zero-order chi connectivity index (χ0) is 25.0. The van der Waals surface area contributed by atoms with Gasteiger partial charge in [-0.15, -0.1) is 0 Å². The summed E-state index contributed by atoms with van der Waals surface area (Å²) in [6, 6.07) is 18.8. The number of para-hydroxylation sites is 2. The van der Waals surface area contributed by atoms with Crippen molar-refractivity contribution >= 4 is 33.2 Å². The summed E-state index contributed by atoms with van der Waals surface area (Å²) in [5.74, 6) is -1.58. The summed E-state index contributed by atoms with van der Waals surface area (Å²) >= 11 is 0. The van der Waals surface area contributed by atoms with Crippen molar-refractivity contribution in [1.29, 1.82) is 0 Å². The molecule has 4 rings (SSSR count). The van der Waals surface area contributed by atoms with E-state index >= 15 is 0 Å². The number of aryl methyl sites for hydroxylation is 1. The van der Waals surface area contributed by atoms with E-state index < -0.39 is 15.8 Å². The molecule has 182 valence electrons. The number of nitrogens with one attached hydrogen (secondary N) is 2. The number of likely N-dealkylation sites (tertiary alicyclic amines) is 1. The van der Waals surface area contributed by atoms with E-state index in [0.717, 1.165) is 6.07 Å². The second-order valence-electron chi connectivity index (χ2n) is 8.51. The van der Waals surface area contributed by atoms with Crippen LogP contribution in [0.4, 0.5) is 15.8 Å². The number of nitrogens with zero attached hydrogens (tertiary/aromatic N) is 1. The lowest BCUT2D eigenvalue weighted by atomic mass is 9.96. The number of anilines is 2. The van der Waals surface area contributed by atoms with Crippen LogP contribution in [0.3, 0.4) is 0 Å². The molecule has 3 aromatic rings. The SMILES string of the molecule is Cc1ccc(S(=O)(=O)Nc2ccccc2F)cc1C(=O)N1CCCC(C(=O)Nc2ccccc2)C1. The van der Waals surface area contributed by atoms with Gasteiger partial charge in [0.2, 0.25) is 5.91 Å². The van der Waals surface area contributed by atoms with Crippen molar-refractivity contribution in [1.82, 2.24) is 4.90 Å². The van der Waals surface area contributed by atoms with Gasteiger partial charge in [-0.1, -0.05) is 36.4 Å². The Morgan fingerprint density at radius 1 is 1.00 bits per heavy atom. The maximum Gasteiger partial charge on any atom is 0.262 e. The number of rotatable bonds is 6. The van der Waals surface area contributed by atoms with Crippen LogP contribution in [0.1, 0.15) is 28.8 Å². The van der Waals surface area contributed by atoms with Gasteiger partial charge < -0.3 is 10.2 Å². The third-order valence-electron chi connectivity index (χ3n) is 5.99. The molecule has 35 heavy (non-hydrogen) atoms. The molecule has 2 amide bonds. The molecule has 1 aliphatic rings. The molecule has 1 aliphatic heterocycles. The monoisotopic (exact) mass is 495 g/mol. The number of carbonyl (C=O) groups is 2. The first-order valence-corrected chi connectivity index (χ1v) is 12.8. The molecule has 3 aromatic carbocycles. The molecule has 1 heterocycles. The Balaban J connectivity index is 1.51. The summed E-state index contributed by atoms with van der Waals surface area (Å²) in [4.78, 5) is 27.6. The van der Waals surface area contributed by atoms with Crippen LogP contribution >= 0.6 is 0 Å². The molecular weight excluding hydrogens is 469 g/mol. The van der Waals surface area contributed by atoms with Crippen molar-refractivity contribution in [3.63, 3.8) is 0 Å². The third-order valence-corrected chi connectivity index (χ3v) is 7.35. The number of hydrogen-bond acceptors (Lipinski definition) is 4. The molecule has 1 saturated heterocycles. The Kier molecular flexibility index (Phi) is 7.16. The lowest BCUT2D eigenvalue weighted by Gasteiger charge is -2.32. The molecule has 2 N–H and O–H groups in total. The number of halogens is 1. The summed E-state index contributed by atoms with van der Waals surface area (Å²) in [5, 5.41) is 2.88. The molecule has 9 heteroatoms. The Labute approximate surface area is 204 Å². The van der Waals surface area contributed by atoms with Gasteiger partial charge in [0.25, 0.3) is 15.9 Å². The number of piperidine rings is 1. The van der Waals surface area contributed by atoms with E-state index in [2.05, 4.69) is 10.0 Å². The van der Waals surface area contributed by atoms with Crippen LogP contribution in [0, 0.1) is 18.7 Å². The summed E-state index contributed by atoms with van der Waals surface area (Å²) in [6.07, 6.45) is 1.31. The van der Waals surface area contributed by atoms with Gasteiger partial charge in [-0.25, -0.2) is 12.8 Å². The molecule has 0 bridgehead atoms. The molecular formula is C26H26FN3O4S. The predicted molar refractivity (Wildman–Crippen MR) is 132 cm³/mol. The average Bonchev–Trinajstić information content (AvgIpc) is 2.86. The van der Waals surface area contributed by atoms with E-state index in [0.29, 0.717) is 30.6 Å². The first-order valence-electron chi connectivity index (χ1n) is 11.3. The van der Waals surface area contributed by atoms with Crippen LogP contribution in [-0.2, 0) is 14.8 Å². The maximum absolute atomic E-state index is 14.0. The molecule has 1 unspecified atom stereocenters. The normalized spacial score (nSPS) is 15.9. The van der Waals surface area contributed by atoms with E-state index in [-0.39, 0.29) is 40.4 Å². The third kappa shape index (κ3) is 5.68. The highest BCUT2D eigenvalue weighted by molar-refractivity contribution is 7.92. The maximum atomic E-state index is 14.0. The van der Waals surface area contributed by atoms with E-state index in [9.17, 15) is 22.4 Å². The zero-order valence-corrected chi connectivity index (χ0v) is 20.0. The number of sulfonamides is 1. The van der Waals surface area contributed by atoms with Gasteiger partial charge >= 0.3 is 0 Å². The highest BCUT2D eigenvalue weighted by Gasteiger charge is 2.30. The lowest BCUT2D eigenvalue weighted by Crippen LogP contribution is -2.44. The molecule has 0 spiro atoms. The van der Waals surface area contributed by atoms with Crippen molar-refractivity contribution < 1.29 is 22.4 Å². The van der Waals surface area contributed by atoms with Crippen molar-refractivity contribution in [3.05, 3.63) is 89.7 Å². The Bertz CT molecular complexity index is 1350. The van der Waals surface area contributed by atoms with E-state index in [1.165, 1.54) is 30.3 Å². The van der Waals surface area contributed by atoms with Crippen LogP contribution in [0.2, 0.25) is 0 Å².